The van der Waals surface area contributed by atoms with Crippen molar-refractivity contribution in [1.29, 1.82) is 0 Å². The maximum absolute atomic E-state index is 13.3. The number of benzene rings is 3. The fourth-order valence-corrected chi connectivity index (χ4v) is 4.33. The van der Waals surface area contributed by atoms with Crippen molar-refractivity contribution in [2.75, 3.05) is 10.2 Å². The van der Waals surface area contributed by atoms with E-state index in [0.29, 0.717) is 12.2 Å². The van der Waals surface area contributed by atoms with Crippen molar-refractivity contribution in [3.63, 3.8) is 0 Å². The van der Waals surface area contributed by atoms with E-state index in [0.717, 1.165) is 28.6 Å². The molecule has 3 aromatic carbocycles. The van der Waals surface area contributed by atoms with Gasteiger partial charge in [0.2, 0.25) is 0 Å². The number of urea groups is 1. The average Bonchev–Trinajstić information content (AvgIpc) is 2.83. The molecule has 33 heavy (non-hydrogen) atoms. The number of aromatic carboxylic acids is 1. The molecule has 1 aliphatic rings. The molecule has 0 heterocycles. The molecule has 3 aromatic rings. The smallest absolute Gasteiger partial charge is 0.335 e. The second kappa shape index (κ2) is 10.5. The van der Waals surface area contributed by atoms with Crippen LogP contribution in [0.3, 0.4) is 0 Å². The van der Waals surface area contributed by atoms with E-state index in [2.05, 4.69) is 39.5 Å². The maximum Gasteiger partial charge on any atom is 0.335 e. The number of nitrogens with zero attached hydrogens (tertiary/aromatic N) is 1. The third-order valence-electron chi connectivity index (χ3n) is 5.70. The van der Waals surface area contributed by atoms with Gasteiger partial charge in [-0.25, -0.2) is 9.59 Å². The Morgan fingerprint density at radius 3 is 2.36 bits per heavy atom. The molecular weight excluding hydrogens is 480 g/mol. The Morgan fingerprint density at radius 1 is 0.970 bits per heavy atom. The summed E-state index contributed by atoms with van der Waals surface area (Å²) in [6.07, 6.45) is 6.96. The number of rotatable bonds is 6. The van der Waals surface area contributed by atoms with Crippen LogP contribution in [0.1, 0.15) is 47.2 Å². The summed E-state index contributed by atoms with van der Waals surface area (Å²) >= 11 is 3.43. The first-order chi connectivity index (χ1) is 16.0. The highest BCUT2D eigenvalue weighted by Gasteiger charge is 2.18. The maximum atomic E-state index is 13.3. The number of halogens is 1. The van der Waals surface area contributed by atoms with Gasteiger partial charge in [0.1, 0.15) is 0 Å². The molecule has 0 saturated carbocycles. The third-order valence-corrected chi connectivity index (χ3v) is 6.20. The molecule has 0 atom stereocenters. The molecule has 5 nitrogen and oxygen atoms in total. The molecule has 0 aromatic heterocycles. The van der Waals surface area contributed by atoms with E-state index in [4.69, 9.17) is 5.11 Å². The summed E-state index contributed by atoms with van der Waals surface area (Å²) in [5.74, 6) is -0.974. The third kappa shape index (κ3) is 5.90. The number of hydrogen-bond donors (Lipinski definition) is 2. The van der Waals surface area contributed by atoms with Crippen LogP contribution in [0.2, 0.25) is 0 Å². The van der Waals surface area contributed by atoms with Gasteiger partial charge in [0, 0.05) is 15.8 Å². The van der Waals surface area contributed by atoms with Crippen LogP contribution in [0.4, 0.5) is 16.2 Å². The normalized spacial score (nSPS) is 13.2. The number of carboxylic acids is 1. The molecule has 0 aliphatic heterocycles. The molecule has 0 saturated heterocycles. The molecule has 4 rings (SSSR count). The van der Waals surface area contributed by atoms with Gasteiger partial charge in [0.25, 0.3) is 0 Å². The highest BCUT2D eigenvalue weighted by molar-refractivity contribution is 9.10. The van der Waals surface area contributed by atoms with Gasteiger partial charge in [-0.3, -0.25) is 4.90 Å². The van der Waals surface area contributed by atoms with E-state index in [9.17, 15) is 9.59 Å². The molecular formula is C27H25BrN2O3. The molecule has 6 heteroatoms. The largest absolute Gasteiger partial charge is 0.478 e. The van der Waals surface area contributed by atoms with Crippen LogP contribution in [0.5, 0.6) is 0 Å². The number of anilines is 2. The van der Waals surface area contributed by atoms with E-state index in [1.54, 1.807) is 29.2 Å². The number of allylic oxidation sites excluding steroid dienone is 2. The zero-order chi connectivity index (χ0) is 23.2. The molecule has 0 radical (unpaired) electrons. The molecule has 0 unspecified atom stereocenters. The standard InChI is InChI=1S/C27H25BrN2O3/c28-23-7-4-8-24(17-23)29-27(33)30(18-19-9-11-22(12-10-19)26(31)32)25-15-13-21(14-16-25)20-5-2-1-3-6-20/h4-5,7-17H,1-3,6,18H2,(H,29,33)(H,31,32). The highest BCUT2D eigenvalue weighted by Crippen LogP contribution is 2.29. The van der Waals surface area contributed by atoms with Gasteiger partial charge < -0.3 is 10.4 Å². The van der Waals surface area contributed by atoms with Crippen molar-refractivity contribution in [3.05, 3.63) is 100 Å². The van der Waals surface area contributed by atoms with Crippen molar-refractivity contribution < 1.29 is 14.7 Å². The zero-order valence-corrected chi connectivity index (χ0v) is 19.7. The minimum atomic E-state index is -0.974. The minimum absolute atomic E-state index is 0.217. The summed E-state index contributed by atoms with van der Waals surface area (Å²) in [5.41, 5.74) is 5.06. The molecule has 1 aliphatic carbocycles. The fourth-order valence-electron chi connectivity index (χ4n) is 3.93. The first-order valence-corrected chi connectivity index (χ1v) is 11.7. The van der Waals surface area contributed by atoms with Gasteiger partial charge in [-0.15, -0.1) is 0 Å². The van der Waals surface area contributed by atoms with Gasteiger partial charge in [0.05, 0.1) is 12.1 Å². The van der Waals surface area contributed by atoms with Crippen molar-refractivity contribution in [1.82, 2.24) is 0 Å². The monoisotopic (exact) mass is 504 g/mol. The van der Waals surface area contributed by atoms with E-state index in [1.165, 1.54) is 24.0 Å². The van der Waals surface area contributed by atoms with Gasteiger partial charge in [-0.2, -0.15) is 0 Å². The number of carboxylic acid groups (broad SMARTS) is 1. The number of hydrogen-bond acceptors (Lipinski definition) is 2. The Morgan fingerprint density at radius 2 is 1.73 bits per heavy atom. The predicted molar refractivity (Wildman–Crippen MR) is 136 cm³/mol. The number of nitrogens with one attached hydrogen (secondary N) is 1. The highest BCUT2D eigenvalue weighted by atomic mass is 79.9. The van der Waals surface area contributed by atoms with Crippen LogP contribution in [-0.2, 0) is 6.54 Å². The second-order valence-corrected chi connectivity index (χ2v) is 8.97. The Kier molecular flexibility index (Phi) is 7.25. The summed E-state index contributed by atoms with van der Waals surface area (Å²) in [7, 11) is 0. The quantitative estimate of drug-likeness (QED) is 0.368. The van der Waals surface area contributed by atoms with Crippen molar-refractivity contribution >= 4 is 44.9 Å². The lowest BCUT2D eigenvalue weighted by atomic mass is 9.93. The van der Waals surface area contributed by atoms with Gasteiger partial charge in [-0.1, -0.05) is 52.3 Å². The minimum Gasteiger partial charge on any atom is -0.478 e. The van der Waals surface area contributed by atoms with E-state index in [-0.39, 0.29) is 11.6 Å². The number of carbonyl (C=O) groups excluding carboxylic acids is 1. The molecule has 0 spiro atoms. The Balaban J connectivity index is 1.60. The molecule has 0 fully saturated rings. The lowest BCUT2D eigenvalue weighted by Gasteiger charge is -2.24. The van der Waals surface area contributed by atoms with E-state index < -0.39 is 5.97 Å². The Bertz CT molecular complexity index is 1170. The summed E-state index contributed by atoms with van der Waals surface area (Å²) in [5, 5.41) is 12.1. The first kappa shape index (κ1) is 22.8. The van der Waals surface area contributed by atoms with Gasteiger partial charge >= 0.3 is 12.0 Å². The van der Waals surface area contributed by atoms with E-state index >= 15 is 0 Å². The summed E-state index contributed by atoms with van der Waals surface area (Å²) in [6, 6.07) is 21.8. The second-order valence-electron chi connectivity index (χ2n) is 8.05. The van der Waals surface area contributed by atoms with Crippen molar-refractivity contribution in [2.24, 2.45) is 0 Å². The van der Waals surface area contributed by atoms with Crippen LogP contribution in [0.15, 0.2) is 83.3 Å². The van der Waals surface area contributed by atoms with Crippen molar-refractivity contribution in [2.45, 2.75) is 32.2 Å². The number of carbonyl (C=O) groups is 2. The lowest BCUT2D eigenvalue weighted by Crippen LogP contribution is -2.34. The van der Waals surface area contributed by atoms with Crippen LogP contribution in [0, 0.1) is 0 Å². The van der Waals surface area contributed by atoms with Gasteiger partial charge in [-0.05, 0) is 84.8 Å². The average molecular weight is 505 g/mol. The van der Waals surface area contributed by atoms with Crippen LogP contribution in [0.25, 0.3) is 5.57 Å². The Hall–Kier alpha value is -3.38. The van der Waals surface area contributed by atoms with Gasteiger partial charge in [0.15, 0.2) is 0 Å². The molecule has 168 valence electrons. The Labute approximate surface area is 201 Å². The predicted octanol–water partition coefficient (Wildman–Crippen LogP) is 7.34. The van der Waals surface area contributed by atoms with Crippen LogP contribution in [-0.4, -0.2) is 17.1 Å². The fraction of sp³-hybridized carbons (Fsp3) is 0.185. The molecule has 2 N–H and O–H groups in total. The molecule has 0 bridgehead atoms. The van der Waals surface area contributed by atoms with Crippen molar-refractivity contribution in [3.8, 4) is 0 Å². The first-order valence-electron chi connectivity index (χ1n) is 11.0. The van der Waals surface area contributed by atoms with Crippen LogP contribution < -0.4 is 10.2 Å². The summed E-state index contributed by atoms with van der Waals surface area (Å²) < 4.78 is 0.876. The molecule has 2 amide bonds. The topological polar surface area (TPSA) is 69.6 Å². The van der Waals surface area contributed by atoms with E-state index in [1.807, 2.05) is 36.4 Å². The lowest BCUT2D eigenvalue weighted by molar-refractivity contribution is 0.0697. The summed E-state index contributed by atoms with van der Waals surface area (Å²) in [6.45, 7) is 0.307. The van der Waals surface area contributed by atoms with Crippen LogP contribution >= 0.6 is 15.9 Å². The zero-order valence-electron chi connectivity index (χ0n) is 18.1. The summed E-state index contributed by atoms with van der Waals surface area (Å²) in [4.78, 5) is 26.1. The SMILES string of the molecule is O=C(O)c1ccc(CN(C(=O)Nc2cccc(Br)c2)c2ccc(C3=CCCCC3)cc2)cc1. The number of amides is 2.